The number of hydrogen-bond acceptors (Lipinski definition) is 2. The lowest BCUT2D eigenvalue weighted by Gasteiger charge is -2.16. The minimum Gasteiger partial charge on any atom is -0.369 e. The highest BCUT2D eigenvalue weighted by molar-refractivity contribution is 5.83. The number of amides is 1. The third-order valence-electron chi connectivity index (χ3n) is 1.95. The number of Topliss-reactive ketones (excluding diaryl/α,β-unsaturated/α-hetero) is 1. The molecule has 0 saturated heterocycles. The van der Waals surface area contributed by atoms with E-state index in [1.54, 1.807) is 0 Å². The summed E-state index contributed by atoms with van der Waals surface area (Å²) in [7, 11) is 0. The molecular formula is C7H11NO2. The minimum atomic E-state index is -0.257. The lowest BCUT2D eigenvalue weighted by molar-refractivity contribution is -0.126. The first-order valence-electron chi connectivity index (χ1n) is 3.51. The van der Waals surface area contributed by atoms with E-state index in [4.69, 9.17) is 5.73 Å². The van der Waals surface area contributed by atoms with Gasteiger partial charge in [0.25, 0.3) is 0 Å². The summed E-state index contributed by atoms with van der Waals surface area (Å²) >= 11 is 0. The number of rotatable bonds is 1. The molecule has 0 aromatic rings. The van der Waals surface area contributed by atoms with Crippen LogP contribution in [-0.2, 0) is 9.59 Å². The van der Waals surface area contributed by atoms with Crippen LogP contribution in [0.5, 0.6) is 0 Å². The van der Waals surface area contributed by atoms with Crippen LogP contribution >= 0.6 is 0 Å². The second-order valence-electron chi connectivity index (χ2n) is 2.72. The predicted octanol–water partition coefficient (Wildman–Crippen LogP) is 0.231. The van der Waals surface area contributed by atoms with Gasteiger partial charge in [-0.05, 0) is 12.8 Å². The van der Waals surface area contributed by atoms with Crippen LogP contribution in [0.15, 0.2) is 0 Å². The number of primary amides is 1. The van der Waals surface area contributed by atoms with E-state index in [0.29, 0.717) is 25.7 Å². The van der Waals surface area contributed by atoms with Gasteiger partial charge in [-0.1, -0.05) is 0 Å². The molecule has 0 aliphatic heterocycles. The molecule has 0 aromatic carbocycles. The Bertz CT molecular complexity index is 155. The standard InChI is InChI=1S/C7H11NO2/c8-7(10)5-1-3-6(9)4-2-5/h5H,1-4H2,(H2,8,10). The fourth-order valence-corrected chi connectivity index (χ4v) is 1.22. The molecule has 1 amide bonds. The quantitative estimate of drug-likeness (QED) is 0.568. The Labute approximate surface area is 59.6 Å². The molecule has 0 atom stereocenters. The summed E-state index contributed by atoms with van der Waals surface area (Å²) in [6.07, 6.45) is 2.39. The van der Waals surface area contributed by atoms with E-state index in [1.165, 1.54) is 0 Å². The highest BCUT2D eigenvalue weighted by Crippen LogP contribution is 2.20. The van der Waals surface area contributed by atoms with Gasteiger partial charge >= 0.3 is 0 Å². The summed E-state index contributed by atoms with van der Waals surface area (Å²) in [6, 6.07) is 0. The van der Waals surface area contributed by atoms with Crippen LogP contribution in [0.3, 0.4) is 0 Å². The smallest absolute Gasteiger partial charge is 0.220 e. The second kappa shape index (κ2) is 2.82. The molecule has 3 heteroatoms. The van der Waals surface area contributed by atoms with Crippen molar-refractivity contribution < 1.29 is 9.59 Å². The van der Waals surface area contributed by atoms with E-state index in [1.807, 2.05) is 0 Å². The third kappa shape index (κ3) is 1.56. The molecule has 1 rings (SSSR count). The molecule has 0 bridgehead atoms. The molecule has 1 aliphatic carbocycles. The summed E-state index contributed by atoms with van der Waals surface area (Å²) in [4.78, 5) is 21.3. The summed E-state index contributed by atoms with van der Waals surface area (Å²) in [6.45, 7) is 0. The van der Waals surface area contributed by atoms with E-state index >= 15 is 0 Å². The van der Waals surface area contributed by atoms with Crippen LogP contribution in [0, 0.1) is 5.92 Å². The Morgan fingerprint density at radius 2 is 1.90 bits per heavy atom. The first kappa shape index (κ1) is 7.25. The van der Waals surface area contributed by atoms with E-state index in [-0.39, 0.29) is 17.6 Å². The number of carbonyl (C=O) groups excluding carboxylic acids is 2. The molecule has 10 heavy (non-hydrogen) atoms. The van der Waals surface area contributed by atoms with Crippen LogP contribution in [0.4, 0.5) is 0 Å². The van der Waals surface area contributed by atoms with E-state index in [0.717, 1.165) is 0 Å². The lowest BCUT2D eigenvalue weighted by Crippen LogP contribution is -2.27. The van der Waals surface area contributed by atoms with Gasteiger partial charge in [-0.25, -0.2) is 0 Å². The van der Waals surface area contributed by atoms with Crippen molar-refractivity contribution in [2.45, 2.75) is 25.7 Å². The first-order chi connectivity index (χ1) is 4.70. The van der Waals surface area contributed by atoms with Crippen molar-refractivity contribution in [3.05, 3.63) is 0 Å². The first-order valence-corrected chi connectivity index (χ1v) is 3.51. The summed E-state index contributed by atoms with van der Waals surface area (Å²) < 4.78 is 0. The maximum Gasteiger partial charge on any atom is 0.220 e. The van der Waals surface area contributed by atoms with Crippen molar-refractivity contribution in [1.29, 1.82) is 0 Å². The molecule has 1 aliphatic rings. The molecule has 0 radical (unpaired) electrons. The maximum atomic E-state index is 10.7. The van der Waals surface area contributed by atoms with Gasteiger partial charge in [0.15, 0.2) is 0 Å². The Balaban J connectivity index is 2.40. The Kier molecular flexibility index (Phi) is 2.04. The van der Waals surface area contributed by atoms with Gasteiger partial charge in [-0.2, -0.15) is 0 Å². The monoisotopic (exact) mass is 141 g/mol. The molecule has 0 aromatic heterocycles. The SMILES string of the molecule is NC(=O)C1CCC(=O)CC1. The van der Waals surface area contributed by atoms with Crippen LogP contribution in [0.2, 0.25) is 0 Å². The van der Waals surface area contributed by atoms with Crippen molar-refractivity contribution in [2.24, 2.45) is 11.7 Å². The fourth-order valence-electron chi connectivity index (χ4n) is 1.22. The highest BCUT2D eigenvalue weighted by Gasteiger charge is 2.22. The number of nitrogens with two attached hydrogens (primary N) is 1. The topological polar surface area (TPSA) is 60.2 Å². The van der Waals surface area contributed by atoms with Crippen LogP contribution in [0.1, 0.15) is 25.7 Å². The Hall–Kier alpha value is -0.860. The zero-order valence-electron chi connectivity index (χ0n) is 5.80. The van der Waals surface area contributed by atoms with Gasteiger partial charge < -0.3 is 5.73 Å². The zero-order valence-corrected chi connectivity index (χ0v) is 5.80. The van der Waals surface area contributed by atoms with Crippen molar-refractivity contribution in [3.8, 4) is 0 Å². The van der Waals surface area contributed by atoms with Crippen LogP contribution in [-0.4, -0.2) is 11.7 Å². The second-order valence-corrected chi connectivity index (χ2v) is 2.72. The van der Waals surface area contributed by atoms with Gasteiger partial charge in [0.2, 0.25) is 5.91 Å². The number of carbonyl (C=O) groups is 2. The normalized spacial score (nSPS) is 21.0. The third-order valence-corrected chi connectivity index (χ3v) is 1.95. The lowest BCUT2D eigenvalue weighted by atomic mass is 9.88. The molecule has 3 nitrogen and oxygen atoms in total. The largest absolute Gasteiger partial charge is 0.369 e. The molecular weight excluding hydrogens is 130 g/mol. The average Bonchev–Trinajstić information content (AvgIpc) is 1.88. The average molecular weight is 141 g/mol. The van der Waals surface area contributed by atoms with Crippen molar-refractivity contribution in [2.75, 3.05) is 0 Å². The van der Waals surface area contributed by atoms with Gasteiger partial charge in [0.05, 0.1) is 0 Å². The molecule has 0 unspecified atom stereocenters. The summed E-state index contributed by atoms with van der Waals surface area (Å²) in [5, 5.41) is 0. The molecule has 0 spiro atoms. The van der Waals surface area contributed by atoms with Crippen LogP contribution in [0.25, 0.3) is 0 Å². The van der Waals surface area contributed by atoms with Gasteiger partial charge in [0.1, 0.15) is 5.78 Å². The van der Waals surface area contributed by atoms with Gasteiger partial charge in [-0.3, -0.25) is 9.59 Å². The minimum absolute atomic E-state index is 0.0438. The van der Waals surface area contributed by atoms with Crippen molar-refractivity contribution in [1.82, 2.24) is 0 Å². The molecule has 2 N–H and O–H groups in total. The predicted molar refractivity (Wildman–Crippen MR) is 36.2 cm³/mol. The number of ketones is 1. The highest BCUT2D eigenvalue weighted by atomic mass is 16.1. The van der Waals surface area contributed by atoms with Gasteiger partial charge in [-0.15, -0.1) is 0 Å². The Morgan fingerprint density at radius 1 is 1.40 bits per heavy atom. The molecule has 56 valence electrons. The van der Waals surface area contributed by atoms with Crippen LogP contribution < -0.4 is 5.73 Å². The van der Waals surface area contributed by atoms with Crippen molar-refractivity contribution in [3.63, 3.8) is 0 Å². The zero-order chi connectivity index (χ0) is 7.56. The van der Waals surface area contributed by atoms with E-state index in [9.17, 15) is 9.59 Å². The number of hydrogen-bond donors (Lipinski definition) is 1. The maximum absolute atomic E-state index is 10.7. The summed E-state index contributed by atoms with van der Waals surface area (Å²) in [5.74, 6) is -0.0392. The molecule has 1 fully saturated rings. The van der Waals surface area contributed by atoms with E-state index < -0.39 is 0 Å². The van der Waals surface area contributed by atoms with E-state index in [2.05, 4.69) is 0 Å². The fraction of sp³-hybridized carbons (Fsp3) is 0.714. The van der Waals surface area contributed by atoms with Gasteiger partial charge in [0, 0.05) is 18.8 Å². The molecule has 1 saturated carbocycles. The summed E-state index contributed by atoms with van der Waals surface area (Å²) in [5.41, 5.74) is 5.06. The van der Waals surface area contributed by atoms with Crippen molar-refractivity contribution >= 4 is 11.7 Å². The molecule has 0 heterocycles. The Morgan fingerprint density at radius 3 is 2.30 bits per heavy atom.